The van der Waals surface area contributed by atoms with Gasteiger partial charge in [0.1, 0.15) is 5.01 Å². The third-order valence-electron chi connectivity index (χ3n) is 2.80. The molecule has 1 amide bonds. The predicted molar refractivity (Wildman–Crippen MR) is 82.7 cm³/mol. The lowest BCUT2D eigenvalue weighted by Crippen LogP contribution is -2.13. The van der Waals surface area contributed by atoms with Gasteiger partial charge in [-0.15, -0.1) is 10.2 Å². The van der Waals surface area contributed by atoms with Crippen molar-refractivity contribution in [3.05, 3.63) is 34.8 Å². The summed E-state index contributed by atoms with van der Waals surface area (Å²) >= 11 is 1.41. The zero-order valence-corrected chi connectivity index (χ0v) is 12.9. The van der Waals surface area contributed by atoms with E-state index in [9.17, 15) is 4.79 Å². The standard InChI is InChI=1S/C14H18N4OS/c1-9(2)13-16-17-14(20-13)15-12(19)10-5-7-11(8-6-10)18(3)4/h5-9H,1-4H3,(H,15,17,19). The molecule has 5 nitrogen and oxygen atoms in total. The Hall–Kier alpha value is -1.95. The molecule has 2 rings (SSSR count). The maximum absolute atomic E-state index is 12.1. The summed E-state index contributed by atoms with van der Waals surface area (Å²) in [5.41, 5.74) is 1.66. The molecule has 0 radical (unpaired) electrons. The van der Waals surface area contributed by atoms with Crippen molar-refractivity contribution in [2.24, 2.45) is 0 Å². The Morgan fingerprint density at radius 2 is 1.85 bits per heavy atom. The van der Waals surface area contributed by atoms with Crippen LogP contribution >= 0.6 is 11.3 Å². The minimum absolute atomic E-state index is 0.165. The van der Waals surface area contributed by atoms with Crippen LogP contribution in [-0.2, 0) is 0 Å². The van der Waals surface area contributed by atoms with Crippen LogP contribution in [0.1, 0.15) is 35.1 Å². The summed E-state index contributed by atoms with van der Waals surface area (Å²) in [4.78, 5) is 14.1. The van der Waals surface area contributed by atoms with Gasteiger partial charge < -0.3 is 4.90 Å². The molecule has 0 saturated heterocycles. The van der Waals surface area contributed by atoms with Crippen molar-refractivity contribution in [1.29, 1.82) is 0 Å². The second kappa shape index (κ2) is 6.00. The third-order valence-corrected chi connectivity index (χ3v) is 3.94. The SMILES string of the molecule is CC(C)c1nnc(NC(=O)c2ccc(N(C)C)cc2)s1. The van der Waals surface area contributed by atoms with Crippen molar-refractivity contribution in [2.75, 3.05) is 24.3 Å². The highest BCUT2D eigenvalue weighted by atomic mass is 32.1. The van der Waals surface area contributed by atoms with Gasteiger partial charge in [0, 0.05) is 31.3 Å². The number of amides is 1. The van der Waals surface area contributed by atoms with Gasteiger partial charge in [0.15, 0.2) is 0 Å². The number of hydrogen-bond acceptors (Lipinski definition) is 5. The van der Waals surface area contributed by atoms with E-state index in [-0.39, 0.29) is 5.91 Å². The number of rotatable bonds is 4. The van der Waals surface area contributed by atoms with Crippen LogP contribution in [-0.4, -0.2) is 30.2 Å². The van der Waals surface area contributed by atoms with Crippen LogP contribution in [0.3, 0.4) is 0 Å². The summed E-state index contributed by atoms with van der Waals surface area (Å²) < 4.78 is 0. The Morgan fingerprint density at radius 3 is 2.35 bits per heavy atom. The first-order valence-corrected chi connectivity index (χ1v) is 7.21. The number of nitrogens with one attached hydrogen (secondary N) is 1. The molecule has 106 valence electrons. The molecule has 0 aliphatic carbocycles. The van der Waals surface area contributed by atoms with E-state index in [4.69, 9.17) is 0 Å². The molecule has 0 unspecified atom stereocenters. The molecule has 1 heterocycles. The molecule has 0 aliphatic rings. The van der Waals surface area contributed by atoms with Gasteiger partial charge in [-0.05, 0) is 24.3 Å². The summed E-state index contributed by atoms with van der Waals surface area (Å²) in [6.45, 7) is 4.10. The molecule has 0 fully saturated rings. The van der Waals surface area contributed by atoms with Crippen LogP contribution in [0.2, 0.25) is 0 Å². The summed E-state index contributed by atoms with van der Waals surface area (Å²) in [5.74, 6) is 0.152. The number of benzene rings is 1. The Balaban J connectivity index is 2.07. The molecule has 1 aromatic carbocycles. The zero-order chi connectivity index (χ0) is 14.7. The van der Waals surface area contributed by atoms with Gasteiger partial charge >= 0.3 is 0 Å². The van der Waals surface area contributed by atoms with E-state index in [1.807, 2.05) is 45.0 Å². The van der Waals surface area contributed by atoms with Crippen molar-refractivity contribution < 1.29 is 4.79 Å². The summed E-state index contributed by atoms with van der Waals surface area (Å²) in [6.07, 6.45) is 0. The maximum atomic E-state index is 12.1. The van der Waals surface area contributed by atoms with E-state index in [0.717, 1.165) is 10.7 Å². The average Bonchev–Trinajstić information content (AvgIpc) is 2.87. The number of hydrogen-bond donors (Lipinski definition) is 1. The number of carbonyl (C=O) groups excluding carboxylic acids is 1. The van der Waals surface area contributed by atoms with Gasteiger partial charge in [-0.2, -0.15) is 0 Å². The topological polar surface area (TPSA) is 58.1 Å². The van der Waals surface area contributed by atoms with E-state index in [2.05, 4.69) is 15.5 Å². The highest BCUT2D eigenvalue weighted by Crippen LogP contribution is 2.23. The van der Waals surface area contributed by atoms with E-state index < -0.39 is 0 Å². The molecule has 0 saturated carbocycles. The molecule has 0 spiro atoms. The lowest BCUT2D eigenvalue weighted by Gasteiger charge is -2.12. The highest BCUT2D eigenvalue weighted by molar-refractivity contribution is 7.15. The fourth-order valence-electron chi connectivity index (χ4n) is 1.60. The quantitative estimate of drug-likeness (QED) is 0.940. The van der Waals surface area contributed by atoms with E-state index in [1.54, 1.807) is 12.1 Å². The Bertz CT molecular complexity index is 589. The minimum Gasteiger partial charge on any atom is -0.378 e. The van der Waals surface area contributed by atoms with E-state index in [0.29, 0.717) is 16.6 Å². The smallest absolute Gasteiger partial charge is 0.257 e. The van der Waals surface area contributed by atoms with Gasteiger partial charge in [-0.25, -0.2) is 0 Å². The minimum atomic E-state index is -0.165. The summed E-state index contributed by atoms with van der Waals surface area (Å²) in [6, 6.07) is 7.42. The third kappa shape index (κ3) is 3.33. The van der Waals surface area contributed by atoms with Crippen molar-refractivity contribution in [1.82, 2.24) is 10.2 Å². The number of aromatic nitrogens is 2. The van der Waals surface area contributed by atoms with Gasteiger partial charge in [-0.3, -0.25) is 10.1 Å². The van der Waals surface area contributed by atoms with Crippen molar-refractivity contribution >= 4 is 28.1 Å². The molecule has 2 aromatic rings. The number of nitrogens with zero attached hydrogens (tertiary/aromatic N) is 3. The van der Waals surface area contributed by atoms with Crippen LogP contribution in [0.25, 0.3) is 0 Å². The van der Waals surface area contributed by atoms with Crippen LogP contribution in [0.4, 0.5) is 10.8 Å². The van der Waals surface area contributed by atoms with Crippen LogP contribution in [0.15, 0.2) is 24.3 Å². The molecular formula is C14H18N4OS. The predicted octanol–water partition coefficient (Wildman–Crippen LogP) is 2.98. The van der Waals surface area contributed by atoms with Gasteiger partial charge in [0.05, 0.1) is 0 Å². The van der Waals surface area contributed by atoms with Crippen molar-refractivity contribution in [3.63, 3.8) is 0 Å². The maximum Gasteiger partial charge on any atom is 0.257 e. The molecule has 1 aromatic heterocycles. The number of anilines is 2. The van der Waals surface area contributed by atoms with Crippen LogP contribution < -0.4 is 10.2 Å². The van der Waals surface area contributed by atoms with Crippen LogP contribution in [0.5, 0.6) is 0 Å². The molecule has 20 heavy (non-hydrogen) atoms. The molecular weight excluding hydrogens is 272 g/mol. The molecule has 6 heteroatoms. The molecule has 0 aliphatic heterocycles. The van der Waals surface area contributed by atoms with Gasteiger partial charge in [0.2, 0.25) is 5.13 Å². The first-order chi connectivity index (χ1) is 9.47. The number of carbonyl (C=O) groups is 1. The molecule has 1 N–H and O–H groups in total. The second-order valence-corrected chi connectivity index (χ2v) is 6.00. The van der Waals surface area contributed by atoms with E-state index >= 15 is 0 Å². The lowest BCUT2D eigenvalue weighted by molar-refractivity contribution is 0.102. The highest BCUT2D eigenvalue weighted by Gasteiger charge is 2.11. The second-order valence-electron chi connectivity index (χ2n) is 5.00. The Morgan fingerprint density at radius 1 is 1.20 bits per heavy atom. The van der Waals surface area contributed by atoms with E-state index in [1.165, 1.54) is 11.3 Å². The Kier molecular flexibility index (Phi) is 4.34. The average molecular weight is 290 g/mol. The monoisotopic (exact) mass is 290 g/mol. The lowest BCUT2D eigenvalue weighted by atomic mass is 10.2. The first kappa shape index (κ1) is 14.5. The Labute approximate surface area is 122 Å². The van der Waals surface area contributed by atoms with Gasteiger partial charge in [-0.1, -0.05) is 25.2 Å². The largest absolute Gasteiger partial charge is 0.378 e. The first-order valence-electron chi connectivity index (χ1n) is 6.39. The fourth-order valence-corrected chi connectivity index (χ4v) is 2.34. The normalized spacial score (nSPS) is 10.7. The van der Waals surface area contributed by atoms with Crippen molar-refractivity contribution in [2.45, 2.75) is 19.8 Å². The van der Waals surface area contributed by atoms with Crippen LogP contribution in [0, 0.1) is 0 Å². The molecule has 0 bridgehead atoms. The zero-order valence-electron chi connectivity index (χ0n) is 12.0. The molecule has 0 atom stereocenters. The summed E-state index contributed by atoms with van der Waals surface area (Å²) in [5, 5.41) is 12.3. The fraction of sp³-hybridized carbons (Fsp3) is 0.357. The summed E-state index contributed by atoms with van der Waals surface area (Å²) in [7, 11) is 3.92. The van der Waals surface area contributed by atoms with Gasteiger partial charge in [0.25, 0.3) is 5.91 Å². The van der Waals surface area contributed by atoms with Crippen molar-refractivity contribution in [3.8, 4) is 0 Å².